The molecule has 0 N–H and O–H groups in total. The van der Waals surface area contributed by atoms with E-state index in [1.807, 2.05) is 35.0 Å². The first-order valence-electron chi connectivity index (χ1n) is 4.55. The molecule has 0 fully saturated rings. The topological polar surface area (TPSA) is 39.4 Å². The van der Waals surface area contributed by atoms with E-state index in [1.54, 1.807) is 12.5 Å². The normalized spacial score (nSPS) is 9.87. The summed E-state index contributed by atoms with van der Waals surface area (Å²) in [5.41, 5.74) is 2.10. The SMILES string of the molecule is C=NOCc1cccc(-n2ccnc2)c1. The Labute approximate surface area is 87.8 Å². The molecule has 0 spiro atoms. The van der Waals surface area contributed by atoms with Gasteiger partial charge in [0.15, 0.2) is 0 Å². The van der Waals surface area contributed by atoms with Gasteiger partial charge in [-0.3, -0.25) is 0 Å². The summed E-state index contributed by atoms with van der Waals surface area (Å²) in [5, 5.41) is 3.35. The highest BCUT2D eigenvalue weighted by Crippen LogP contribution is 2.10. The Morgan fingerprint density at radius 1 is 1.47 bits per heavy atom. The molecule has 4 heteroatoms. The molecule has 1 heterocycles. The van der Waals surface area contributed by atoms with Gasteiger partial charge in [-0.05, 0) is 17.7 Å². The van der Waals surface area contributed by atoms with Crippen molar-refractivity contribution < 1.29 is 4.84 Å². The van der Waals surface area contributed by atoms with Gasteiger partial charge >= 0.3 is 0 Å². The molecule has 76 valence electrons. The van der Waals surface area contributed by atoms with E-state index in [0.717, 1.165) is 11.3 Å². The molecule has 0 bridgehead atoms. The lowest BCUT2D eigenvalue weighted by atomic mass is 10.2. The highest BCUT2D eigenvalue weighted by molar-refractivity contribution is 5.35. The van der Waals surface area contributed by atoms with E-state index in [0.29, 0.717) is 6.61 Å². The lowest BCUT2D eigenvalue weighted by Crippen LogP contribution is -1.92. The fourth-order valence-electron chi connectivity index (χ4n) is 1.34. The van der Waals surface area contributed by atoms with Crippen LogP contribution >= 0.6 is 0 Å². The molecular weight excluding hydrogens is 190 g/mol. The predicted octanol–water partition coefficient (Wildman–Crippen LogP) is 2.00. The van der Waals surface area contributed by atoms with Crippen LogP contribution in [0.5, 0.6) is 0 Å². The highest BCUT2D eigenvalue weighted by Gasteiger charge is 1.97. The first-order chi connectivity index (χ1) is 7.40. The molecular formula is C11H11N3O. The number of hydrogen-bond acceptors (Lipinski definition) is 3. The maximum absolute atomic E-state index is 4.88. The van der Waals surface area contributed by atoms with Gasteiger partial charge in [0, 0.05) is 24.8 Å². The molecule has 0 unspecified atom stereocenters. The van der Waals surface area contributed by atoms with Crippen molar-refractivity contribution >= 4 is 6.72 Å². The summed E-state index contributed by atoms with van der Waals surface area (Å²) in [7, 11) is 0. The molecule has 2 aromatic rings. The summed E-state index contributed by atoms with van der Waals surface area (Å²) in [6.07, 6.45) is 5.39. The minimum atomic E-state index is 0.437. The van der Waals surface area contributed by atoms with Gasteiger partial charge in [0.05, 0.1) is 6.33 Å². The summed E-state index contributed by atoms with van der Waals surface area (Å²) >= 11 is 0. The van der Waals surface area contributed by atoms with E-state index in [2.05, 4.69) is 16.9 Å². The van der Waals surface area contributed by atoms with Crippen LogP contribution in [0.4, 0.5) is 0 Å². The smallest absolute Gasteiger partial charge is 0.142 e. The summed E-state index contributed by atoms with van der Waals surface area (Å²) in [6.45, 7) is 3.70. The van der Waals surface area contributed by atoms with Crippen molar-refractivity contribution in [2.24, 2.45) is 5.16 Å². The van der Waals surface area contributed by atoms with Crippen molar-refractivity contribution in [1.82, 2.24) is 9.55 Å². The van der Waals surface area contributed by atoms with Crippen LogP contribution in [0.25, 0.3) is 5.69 Å². The standard InChI is InChI=1S/C11H11N3O/c1-12-15-8-10-3-2-4-11(7-10)14-6-5-13-9-14/h2-7,9H,1,8H2. The van der Waals surface area contributed by atoms with E-state index >= 15 is 0 Å². The van der Waals surface area contributed by atoms with Gasteiger partial charge in [-0.25, -0.2) is 4.98 Å². The van der Waals surface area contributed by atoms with E-state index in [1.165, 1.54) is 0 Å². The minimum absolute atomic E-state index is 0.437. The number of oxime groups is 1. The van der Waals surface area contributed by atoms with Crippen LogP contribution in [-0.4, -0.2) is 16.3 Å². The second-order valence-corrected chi connectivity index (χ2v) is 3.04. The van der Waals surface area contributed by atoms with Crippen molar-refractivity contribution in [3.63, 3.8) is 0 Å². The number of benzene rings is 1. The van der Waals surface area contributed by atoms with E-state index < -0.39 is 0 Å². The third-order valence-corrected chi connectivity index (χ3v) is 2.04. The average Bonchev–Trinajstić information content (AvgIpc) is 2.80. The Balaban J connectivity index is 2.23. The second kappa shape index (κ2) is 4.41. The third-order valence-electron chi connectivity index (χ3n) is 2.04. The van der Waals surface area contributed by atoms with Gasteiger partial charge in [0.2, 0.25) is 0 Å². The molecule has 15 heavy (non-hydrogen) atoms. The molecule has 0 amide bonds. The summed E-state index contributed by atoms with van der Waals surface area (Å²) < 4.78 is 1.94. The van der Waals surface area contributed by atoms with Crippen LogP contribution in [0.2, 0.25) is 0 Å². The molecule has 0 aliphatic heterocycles. The molecule has 4 nitrogen and oxygen atoms in total. The zero-order valence-electron chi connectivity index (χ0n) is 8.21. The molecule has 0 saturated carbocycles. The molecule has 0 aliphatic rings. The van der Waals surface area contributed by atoms with Crippen LogP contribution in [-0.2, 0) is 11.4 Å². The van der Waals surface area contributed by atoms with Crippen molar-refractivity contribution in [3.8, 4) is 5.69 Å². The summed E-state index contributed by atoms with van der Waals surface area (Å²) in [5.74, 6) is 0. The number of imidazole rings is 1. The molecule has 0 saturated heterocycles. The molecule has 1 aromatic heterocycles. The maximum atomic E-state index is 4.88. The van der Waals surface area contributed by atoms with Gasteiger partial charge in [0.1, 0.15) is 6.61 Å². The average molecular weight is 201 g/mol. The first kappa shape index (κ1) is 9.45. The summed E-state index contributed by atoms with van der Waals surface area (Å²) in [6, 6.07) is 7.97. The summed E-state index contributed by atoms with van der Waals surface area (Å²) in [4.78, 5) is 8.87. The van der Waals surface area contributed by atoms with Gasteiger partial charge < -0.3 is 9.40 Å². The van der Waals surface area contributed by atoms with E-state index in [9.17, 15) is 0 Å². The quantitative estimate of drug-likeness (QED) is 0.560. The zero-order chi connectivity index (χ0) is 10.5. The molecule has 0 atom stereocenters. The second-order valence-electron chi connectivity index (χ2n) is 3.04. The number of nitrogens with zero attached hydrogens (tertiary/aromatic N) is 3. The van der Waals surface area contributed by atoms with Gasteiger partial charge in [-0.2, -0.15) is 0 Å². The van der Waals surface area contributed by atoms with E-state index in [-0.39, 0.29) is 0 Å². The van der Waals surface area contributed by atoms with Crippen LogP contribution in [0.3, 0.4) is 0 Å². The van der Waals surface area contributed by atoms with Gasteiger partial charge in [-0.1, -0.05) is 12.1 Å². The monoisotopic (exact) mass is 201 g/mol. The van der Waals surface area contributed by atoms with Gasteiger partial charge in [-0.15, -0.1) is 5.16 Å². The van der Waals surface area contributed by atoms with Crippen molar-refractivity contribution in [2.45, 2.75) is 6.61 Å². The Morgan fingerprint density at radius 2 is 2.40 bits per heavy atom. The fraction of sp³-hybridized carbons (Fsp3) is 0.0909. The Kier molecular flexibility index (Phi) is 2.78. The zero-order valence-corrected chi connectivity index (χ0v) is 8.21. The Hall–Kier alpha value is -2.10. The Morgan fingerprint density at radius 3 is 3.13 bits per heavy atom. The van der Waals surface area contributed by atoms with Gasteiger partial charge in [0.25, 0.3) is 0 Å². The first-order valence-corrected chi connectivity index (χ1v) is 4.55. The largest absolute Gasteiger partial charge is 0.391 e. The lowest BCUT2D eigenvalue weighted by molar-refractivity contribution is 0.133. The molecule has 0 aliphatic carbocycles. The van der Waals surface area contributed by atoms with Crippen molar-refractivity contribution in [1.29, 1.82) is 0 Å². The Bertz CT molecular complexity index is 437. The van der Waals surface area contributed by atoms with Crippen LogP contribution in [0, 0.1) is 0 Å². The minimum Gasteiger partial charge on any atom is -0.391 e. The molecule has 0 radical (unpaired) electrons. The van der Waals surface area contributed by atoms with Crippen LogP contribution in [0.15, 0.2) is 48.1 Å². The fourth-order valence-corrected chi connectivity index (χ4v) is 1.34. The van der Waals surface area contributed by atoms with E-state index in [4.69, 9.17) is 4.84 Å². The van der Waals surface area contributed by atoms with Crippen molar-refractivity contribution in [3.05, 3.63) is 48.5 Å². The van der Waals surface area contributed by atoms with Crippen molar-refractivity contribution in [2.75, 3.05) is 0 Å². The number of aromatic nitrogens is 2. The number of hydrogen-bond donors (Lipinski definition) is 0. The molecule has 2 rings (SSSR count). The predicted molar refractivity (Wildman–Crippen MR) is 57.9 cm³/mol. The third kappa shape index (κ3) is 2.22. The number of rotatable bonds is 4. The maximum Gasteiger partial charge on any atom is 0.142 e. The highest BCUT2D eigenvalue weighted by atomic mass is 16.6. The van der Waals surface area contributed by atoms with Crippen LogP contribution in [0.1, 0.15) is 5.56 Å². The van der Waals surface area contributed by atoms with Crippen LogP contribution < -0.4 is 0 Å². The molecule has 1 aromatic carbocycles. The lowest BCUT2D eigenvalue weighted by Gasteiger charge is -2.04.